The van der Waals surface area contributed by atoms with Gasteiger partial charge in [-0.2, -0.15) is 0 Å². The molecule has 2 rings (SSSR count). The lowest BCUT2D eigenvalue weighted by Gasteiger charge is -2.18. The van der Waals surface area contributed by atoms with Crippen molar-refractivity contribution in [1.82, 2.24) is 9.55 Å². The number of H-pyrrole nitrogens is 1. The van der Waals surface area contributed by atoms with Crippen LogP contribution in [0.15, 0.2) is 21.9 Å². The summed E-state index contributed by atoms with van der Waals surface area (Å²) < 4.78 is 11.4. The number of hydrogen-bond donors (Lipinski definition) is 6. The Labute approximate surface area is 127 Å². The van der Waals surface area contributed by atoms with Crippen LogP contribution in [0.2, 0.25) is 0 Å². The Hall–Kier alpha value is -0.780. The fraction of sp³-hybridized carbons (Fsp3) is 0.600. The van der Waals surface area contributed by atoms with Gasteiger partial charge in [-0.3, -0.25) is 14.3 Å². The zero-order valence-corrected chi connectivity index (χ0v) is 13.2. The third-order valence-corrected chi connectivity index (χ3v) is 6.03. The highest BCUT2D eigenvalue weighted by atomic mass is 32.5. The van der Waals surface area contributed by atoms with Gasteiger partial charge in [0, 0.05) is 19.4 Å². The Kier molecular flexibility index (Phi) is 5.41. The maximum absolute atomic E-state index is 11.8. The number of nitrogens with zero attached hydrogens (tertiary/aromatic N) is 1. The van der Waals surface area contributed by atoms with Crippen molar-refractivity contribution < 1.29 is 29.3 Å². The van der Waals surface area contributed by atoms with E-state index in [-0.39, 0.29) is 17.5 Å². The van der Waals surface area contributed by atoms with E-state index >= 15 is 0 Å². The van der Waals surface area contributed by atoms with Crippen LogP contribution in [0, 0.1) is 0 Å². The number of aliphatic hydroxyl groups excluding tert-OH is 1. The molecular formula is C10H17N2O8PS. The third-order valence-electron chi connectivity index (χ3n) is 3.08. The van der Waals surface area contributed by atoms with Gasteiger partial charge in [0.15, 0.2) is 6.23 Å². The zero-order chi connectivity index (χ0) is 16.5. The second kappa shape index (κ2) is 6.77. The van der Waals surface area contributed by atoms with Crippen LogP contribution in [0.25, 0.3) is 0 Å². The van der Waals surface area contributed by atoms with E-state index in [1.165, 1.54) is 7.11 Å². The number of rotatable bonds is 4. The van der Waals surface area contributed by atoms with E-state index in [2.05, 4.69) is 0 Å². The predicted molar refractivity (Wildman–Crippen MR) is 79.2 cm³/mol. The molecule has 0 spiro atoms. The highest BCUT2D eigenvalue weighted by molar-refractivity contribution is 8.16. The van der Waals surface area contributed by atoms with Gasteiger partial charge >= 0.3 is 5.69 Å². The number of aliphatic hydroxyl groups is 1. The Bertz CT molecular complexity index is 688. The molecule has 12 heteroatoms. The lowest BCUT2D eigenvalue weighted by molar-refractivity contribution is -0.0581. The summed E-state index contributed by atoms with van der Waals surface area (Å²) in [6.07, 6.45) is -2.06. The minimum atomic E-state index is -4.17. The summed E-state index contributed by atoms with van der Waals surface area (Å²) in [5, 5.41) is 9.42. The van der Waals surface area contributed by atoms with Crippen LogP contribution in [-0.2, 0) is 20.4 Å². The van der Waals surface area contributed by atoms with E-state index in [4.69, 9.17) is 9.47 Å². The van der Waals surface area contributed by atoms with Gasteiger partial charge in [-0.1, -0.05) is 0 Å². The maximum atomic E-state index is 11.8. The van der Waals surface area contributed by atoms with Crippen molar-refractivity contribution in [2.75, 3.05) is 13.7 Å². The first-order chi connectivity index (χ1) is 10.2. The van der Waals surface area contributed by atoms with E-state index in [0.717, 1.165) is 16.8 Å². The van der Waals surface area contributed by atoms with Gasteiger partial charge in [-0.25, -0.2) is 4.79 Å². The molecule has 0 aliphatic carbocycles. The SMILES string of the molecule is COC[C@H]1O[C@@H](n2ccc(=O)[nH]c2=O)[C@@H](O)[C@@H]1[SH]=P(O)(O)O. The van der Waals surface area contributed by atoms with E-state index in [1.54, 1.807) is 0 Å². The third kappa shape index (κ3) is 3.94. The molecular weight excluding hydrogens is 339 g/mol. The van der Waals surface area contributed by atoms with Crippen molar-refractivity contribution in [2.45, 2.75) is 23.7 Å². The molecule has 0 amide bonds. The molecule has 126 valence electrons. The zero-order valence-electron chi connectivity index (χ0n) is 11.4. The number of ether oxygens (including phenoxy) is 2. The summed E-state index contributed by atoms with van der Waals surface area (Å²) in [5.74, 6) is 0. The van der Waals surface area contributed by atoms with Gasteiger partial charge in [0.25, 0.3) is 12.3 Å². The summed E-state index contributed by atoms with van der Waals surface area (Å²) in [4.78, 5) is 52.5. The number of aromatic amines is 1. The van der Waals surface area contributed by atoms with Crippen LogP contribution in [0.4, 0.5) is 0 Å². The summed E-state index contributed by atoms with van der Waals surface area (Å²) in [5.41, 5.74) is -1.37. The van der Waals surface area contributed by atoms with E-state index in [9.17, 15) is 29.4 Å². The van der Waals surface area contributed by atoms with Gasteiger partial charge in [0.2, 0.25) is 0 Å². The number of methoxy groups -OCH3 is 1. The molecule has 10 nitrogen and oxygen atoms in total. The highest BCUT2D eigenvalue weighted by Crippen LogP contribution is 2.38. The van der Waals surface area contributed by atoms with Crippen LogP contribution in [0.1, 0.15) is 6.23 Å². The quantitative estimate of drug-likeness (QED) is 0.251. The van der Waals surface area contributed by atoms with Crippen LogP contribution in [-0.4, -0.2) is 60.5 Å². The smallest absolute Gasteiger partial charge is 0.330 e. The molecule has 5 N–H and O–H groups in total. The number of nitrogens with one attached hydrogen (secondary N) is 1. The summed E-state index contributed by atoms with van der Waals surface area (Å²) in [6, 6.07) is 1.09. The summed E-state index contributed by atoms with van der Waals surface area (Å²) in [6.45, 7) is -4.15. The van der Waals surface area contributed by atoms with Crippen LogP contribution >= 0.6 is 6.72 Å². The lowest BCUT2D eigenvalue weighted by atomic mass is 10.2. The highest BCUT2D eigenvalue weighted by Gasteiger charge is 2.44. The predicted octanol–water partition coefficient (Wildman–Crippen LogP) is -2.72. The van der Waals surface area contributed by atoms with E-state index < -0.39 is 41.7 Å². The van der Waals surface area contributed by atoms with Crippen molar-refractivity contribution in [3.05, 3.63) is 33.1 Å². The Morgan fingerprint density at radius 1 is 1.45 bits per heavy atom. The number of hydrogen-bond acceptors (Lipinski definition) is 5. The van der Waals surface area contributed by atoms with Gasteiger partial charge in [-0.05, 0) is 0 Å². The molecule has 0 unspecified atom stereocenters. The Morgan fingerprint density at radius 2 is 2.14 bits per heavy atom. The first-order valence-electron chi connectivity index (χ1n) is 6.16. The molecule has 1 aliphatic heterocycles. The standard InChI is InChI=1S/C10H17N2O8PS/c1-19-4-5-8(22-21(16,17)18)7(14)9(20-5)12-3-2-6(13)11-10(12)15/h2-3,5,7-9,14,16-18,22H,4H2,1H3,(H,11,13,15)/t5-,7+,8-,9-/m1/s1. The fourth-order valence-corrected chi connectivity index (χ4v) is 5.09. The van der Waals surface area contributed by atoms with Crippen molar-refractivity contribution >= 4 is 17.7 Å². The average molecular weight is 356 g/mol. The van der Waals surface area contributed by atoms with Crippen molar-refractivity contribution in [3.63, 3.8) is 0 Å². The molecule has 1 aromatic heterocycles. The molecule has 1 aromatic rings. The second-order valence-corrected chi connectivity index (χ2v) is 8.87. The Balaban J connectivity index is 2.39. The monoisotopic (exact) mass is 356 g/mol. The molecule has 0 radical (unpaired) electrons. The molecule has 0 aromatic carbocycles. The van der Waals surface area contributed by atoms with Gasteiger partial charge in [-0.15, -0.1) is 10.9 Å². The molecule has 2 heterocycles. The van der Waals surface area contributed by atoms with Crippen LogP contribution < -0.4 is 11.2 Å². The second-order valence-electron chi connectivity index (χ2n) is 4.67. The maximum Gasteiger partial charge on any atom is 0.330 e. The minimum absolute atomic E-state index is 0.0172. The lowest BCUT2D eigenvalue weighted by Crippen LogP contribution is -2.37. The first-order valence-corrected chi connectivity index (χ1v) is 9.48. The van der Waals surface area contributed by atoms with Crippen molar-refractivity contribution in [2.24, 2.45) is 0 Å². The van der Waals surface area contributed by atoms with Gasteiger partial charge < -0.3 is 29.3 Å². The van der Waals surface area contributed by atoms with Crippen molar-refractivity contribution in [1.29, 1.82) is 0 Å². The summed E-state index contributed by atoms with van der Waals surface area (Å²) in [7, 11) is 1.19. The number of thiol groups is 1. The van der Waals surface area contributed by atoms with Gasteiger partial charge in [0.1, 0.15) is 6.10 Å². The minimum Gasteiger partial charge on any atom is -0.387 e. The normalized spacial score (nSPS) is 29.0. The first kappa shape index (κ1) is 17.6. The fourth-order valence-electron chi connectivity index (χ4n) is 2.21. The van der Waals surface area contributed by atoms with E-state index in [1.807, 2.05) is 4.98 Å². The molecule has 22 heavy (non-hydrogen) atoms. The molecule has 0 bridgehead atoms. The van der Waals surface area contributed by atoms with Crippen LogP contribution in [0.5, 0.6) is 0 Å². The molecule has 4 atom stereocenters. The average Bonchev–Trinajstić information content (AvgIpc) is 2.67. The summed E-state index contributed by atoms with van der Waals surface area (Å²) >= 11 is 0. The van der Waals surface area contributed by atoms with Crippen molar-refractivity contribution in [3.8, 4) is 0 Å². The van der Waals surface area contributed by atoms with Gasteiger partial charge in [0.05, 0.1) is 18.0 Å². The topological polar surface area (TPSA) is 154 Å². The number of aromatic nitrogens is 2. The Morgan fingerprint density at radius 3 is 2.68 bits per heavy atom. The molecule has 1 aliphatic rings. The largest absolute Gasteiger partial charge is 0.387 e. The molecule has 0 saturated carbocycles. The molecule has 1 fully saturated rings. The van der Waals surface area contributed by atoms with Crippen LogP contribution in [0.3, 0.4) is 0 Å². The van der Waals surface area contributed by atoms with E-state index in [0.29, 0.717) is 0 Å². The molecule has 1 saturated heterocycles.